The van der Waals surface area contributed by atoms with Crippen LogP contribution in [0.4, 0.5) is 4.39 Å². The van der Waals surface area contributed by atoms with Crippen LogP contribution in [0.3, 0.4) is 0 Å². The normalized spacial score (nSPS) is 13.4. The molecule has 0 unspecified atom stereocenters. The number of halogens is 2. The summed E-state index contributed by atoms with van der Waals surface area (Å²) in [7, 11) is 0. The number of carbonyl (C=O) groups is 1. The number of H-pyrrole nitrogens is 1. The van der Waals surface area contributed by atoms with Crippen molar-refractivity contribution in [2.75, 3.05) is 0 Å². The van der Waals surface area contributed by atoms with Crippen molar-refractivity contribution in [2.45, 2.75) is 26.4 Å². The maximum Gasteiger partial charge on any atom is 0.335 e. The molecule has 0 saturated heterocycles. The SMILES string of the molecule is [2H]C([2H])([2H])n1c(=O)n(-c2cccc(-c3c(Cl)cc(C(N)=O)c4[nH]c5cc(C(C)(C)O)ccc5c34)c2C)c(=O)c2cccc(F)c21. The summed E-state index contributed by atoms with van der Waals surface area (Å²) in [6.07, 6.45) is 0. The van der Waals surface area contributed by atoms with Gasteiger partial charge in [0.15, 0.2) is 0 Å². The first-order valence-corrected chi connectivity index (χ1v) is 13.3. The van der Waals surface area contributed by atoms with Crippen molar-refractivity contribution in [1.82, 2.24) is 14.1 Å². The van der Waals surface area contributed by atoms with Crippen LogP contribution >= 0.6 is 11.6 Å². The van der Waals surface area contributed by atoms with Gasteiger partial charge in [-0.2, -0.15) is 0 Å². The molecule has 6 rings (SSSR count). The predicted octanol–water partition coefficient (Wildman–Crippen LogP) is 5.42. The third-order valence-electron chi connectivity index (χ3n) is 7.64. The Morgan fingerprint density at radius 1 is 1.10 bits per heavy atom. The summed E-state index contributed by atoms with van der Waals surface area (Å²) in [5, 5.41) is 11.6. The average molecular weight is 588 g/mol. The molecular weight excluding hydrogens is 559 g/mol. The molecule has 6 aromatic rings. The number of hydrogen-bond acceptors (Lipinski definition) is 4. The largest absolute Gasteiger partial charge is 0.386 e. The molecule has 42 heavy (non-hydrogen) atoms. The summed E-state index contributed by atoms with van der Waals surface area (Å²) >= 11 is 6.85. The fraction of sp³-hybridized carbons (Fsp3) is 0.156. The lowest BCUT2D eigenvalue weighted by atomic mass is 9.92. The highest BCUT2D eigenvalue weighted by molar-refractivity contribution is 6.37. The molecule has 0 atom stereocenters. The van der Waals surface area contributed by atoms with Crippen molar-refractivity contribution in [2.24, 2.45) is 12.7 Å². The first-order chi connectivity index (χ1) is 21.0. The van der Waals surface area contributed by atoms with Gasteiger partial charge in [0.25, 0.3) is 11.5 Å². The molecule has 0 saturated carbocycles. The van der Waals surface area contributed by atoms with E-state index in [1.807, 2.05) is 0 Å². The number of aliphatic hydroxyl groups is 1. The van der Waals surface area contributed by atoms with Gasteiger partial charge in [-0.15, -0.1) is 0 Å². The number of nitrogens with one attached hydrogen (secondary N) is 1. The first kappa shape index (κ1) is 23.9. The van der Waals surface area contributed by atoms with Crippen LogP contribution in [0.1, 0.15) is 39.4 Å². The summed E-state index contributed by atoms with van der Waals surface area (Å²) < 4.78 is 39.8. The Balaban J connectivity index is 1.73. The number of hydrogen-bond donors (Lipinski definition) is 3. The van der Waals surface area contributed by atoms with Gasteiger partial charge in [-0.05, 0) is 67.8 Å². The first-order valence-electron chi connectivity index (χ1n) is 14.4. The molecule has 4 aromatic carbocycles. The number of rotatable bonds is 4. The molecule has 0 aliphatic rings. The number of nitrogens with two attached hydrogens (primary N) is 1. The third-order valence-corrected chi connectivity index (χ3v) is 7.94. The third kappa shape index (κ3) is 3.96. The second-order valence-corrected chi connectivity index (χ2v) is 11.1. The second-order valence-electron chi connectivity index (χ2n) is 10.7. The summed E-state index contributed by atoms with van der Waals surface area (Å²) in [5.41, 5.74) is 4.89. The summed E-state index contributed by atoms with van der Waals surface area (Å²) in [4.78, 5) is 43.2. The van der Waals surface area contributed by atoms with E-state index in [0.29, 0.717) is 53.2 Å². The molecule has 1 amide bonds. The molecular formula is C32H26ClFN4O4. The highest BCUT2D eigenvalue weighted by Gasteiger charge is 2.24. The van der Waals surface area contributed by atoms with Crippen molar-refractivity contribution < 1.29 is 18.4 Å². The zero-order valence-electron chi connectivity index (χ0n) is 25.7. The van der Waals surface area contributed by atoms with E-state index in [-0.39, 0.29) is 21.7 Å². The topological polar surface area (TPSA) is 123 Å². The van der Waals surface area contributed by atoms with Gasteiger partial charge in [-0.25, -0.2) is 13.8 Å². The Morgan fingerprint density at radius 3 is 2.52 bits per heavy atom. The van der Waals surface area contributed by atoms with Crippen LogP contribution in [0.25, 0.3) is 49.5 Å². The minimum absolute atomic E-state index is 0.0546. The van der Waals surface area contributed by atoms with Gasteiger partial charge in [0, 0.05) is 38.0 Å². The van der Waals surface area contributed by atoms with Crippen LogP contribution in [-0.4, -0.2) is 25.1 Å². The lowest BCUT2D eigenvalue weighted by Gasteiger charge is -2.18. The average Bonchev–Trinajstić information content (AvgIpc) is 3.32. The molecule has 4 N–H and O–H groups in total. The van der Waals surface area contributed by atoms with E-state index in [0.717, 1.165) is 6.07 Å². The second kappa shape index (κ2) is 9.40. The molecule has 2 heterocycles. The van der Waals surface area contributed by atoms with E-state index in [1.165, 1.54) is 24.3 Å². The number of primary amides is 1. The number of aromatic amines is 1. The molecule has 0 aliphatic heterocycles. The van der Waals surface area contributed by atoms with Crippen LogP contribution in [0.5, 0.6) is 0 Å². The van der Waals surface area contributed by atoms with Crippen LogP contribution < -0.4 is 17.0 Å². The summed E-state index contributed by atoms with van der Waals surface area (Å²) in [6, 6.07) is 15.0. The molecule has 0 bridgehead atoms. The molecule has 10 heteroatoms. The smallest absolute Gasteiger partial charge is 0.335 e. The maximum atomic E-state index is 14.9. The molecule has 0 aliphatic carbocycles. The van der Waals surface area contributed by atoms with E-state index in [9.17, 15) is 23.9 Å². The lowest BCUT2D eigenvalue weighted by Crippen LogP contribution is -2.38. The molecule has 0 fully saturated rings. The Bertz CT molecular complexity index is 2370. The number of nitrogens with zero attached hydrogens (tertiary/aromatic N) is 2. The number of carbonyl (C=O) groups excluding carboxylic acids is 1. The number of para-hydroxylation sites is 1. The van der Waals surface area contributed by atoms with E-state index >= 15 is 0 Å². The quantitative estimate of drug-likeness (QED) is 0.255. The maximum absolute atomic E-state index is 14.9. The number of benzene rings is 4. The van der Waals surface area contributed by atoms with Gasteiger partial charge < -0.3 is 15.8 Å². The summed E-state index contributed by atoms with van der Waals surface area (Å²) in [5.74, 6) is -1.75. The van der Waals surface area contributed by atoms with Gasteiger partial charge >= 0.3 is 5.69 Å². The molecule has 0 spiro atoms. The monoisotopic (exact) mass is 587 g/mol. The van der Waals surface area contributed by atoms with Crippen LogP contribution in [-0.2, 0) is 12.6 Å². The Morgan fingerprint density at radius 2 is 1.83 bits per heavy atom. The predicted molar refractivity (Wildman–Crippen MR) is 163 cm³/mol. The van der Waals surface area contributed by atoms with Crippen LogP contribution in [0.15, 0.2) is 70.3 Å². The van der Waals surface area contributed by atoms with Crippen molar-refractivity contribution in [3.63, 3.8) is 0 Å². The molecule has 2 aromatic heterocycles. The Kier molecular flexibility index (Phi) is 5.36. The highest BCUT2D eigenvalue weighted by Crippen LogP contribution is 2.43. The molecule has 212 valence electrons. The number of amides is 1. The van der Waals surface area contributed by atoms with Gasteiger partial charge in [0.05, 0.1) is 33.3 Å². The van der Waals surface area contributed by atoms with Crippen molar-refractivity contribution >= 4 is 50.2 Å². The van der Waals surface area contributed by atoms with Crippen molar-refractivity contribution in [3.05, 3.63) is 109 Å². The minimum atomic E-state index is -3.11. The van der Waals surface area contributed by atoms with Gasteiger partial charge in [0.1, 0.15) is 5.82 Å². The zero-order chi connectivity index (χ0) is 32.7. The van der Waals surface area contributed by atoms with E-state index in [4.69, 9.17) is 21.4 Å². The van der Waals surface area contributed by atoms with Gasteiger partial charge in [-0.1, -0.05) is 41.9 Å². The number of aromatic nitrogens is 3. The Labute approximate surface area is 247 Å². The highest BCUT2D eigenvalue weighted by atomic mass is 35.5. The van der Waals surface area contributed by atoms with Gasteiger partial charge in [-0.3, -0.25) is 14.2 Å². The number of fused-ring (bicyclic) bond motifs is 4. The fourth-order valence-electron chi connectivity index (χ4n) is 5.55. The number of aryl methyl sites for hydroxylation is 1. The van der Waals surface area contributed by atoms with Crippen molar-refractivity contribution in [3.8, 4) is 16.8 Å². The Hall–Kier alpha value is -4.73. The van der Waals surface area contributed by atoms with Crippen LogP contribution in [0, 0.1) is 12.7 Å². The standard InChI is InChI=1S/C32H26ClFN4O4/c1-15-17(7-6-10-24(15)38-30(40)19-8-5-9-22(34)28(19)37(4)31(38)41)25-21(33)14-20(29(35)39)27-26(25)18-12-11-16(32(2,3)42)13-23(18)36-27/h5-14,36,42H,1-4H3,(H2,35,39)/i4D3. The van der Waals surface area contributed by atoms with Crippen molar-refractivity contribution in [1.29, 1.82) is 0 Å². The van der Waals surface area contributed by atoms with E-state index in [1.54, 1.807) is 51.1 Å². The molecule has 0 radical (unpaired) electrons. The van der Waals surface area contributed by atoms with E-state index in [2.05, 4.69) is 4.98 Å². The van der Waals surface area contributed by atoms with Gasteiger partial charge in [0.2, 0.25) is 0 Å². The molecule has 8 nitrogen and oxygen atoms in total. The lowest BCUT2D eigenvalue weighted by molar-refractivity contribution is 0.0787. The summed E-state index contributed by atoms with van der Waals surface area (Å²) in [6.45, 7) is 1.82. The minimum Gasteiger partial charge on any atom is -0.386 e. The zero-order valence-corrected chi connectivity index (χ0v) is 23.4. The van der Waals surface area contributed by atoms with E-state index < -0.39 is 41.1 Å². The fourth-order valence-corrected chi connectivity index (χ4v) is 5.86. The van der Waals surface area contributed by atoms with Crippen LogP contribution in [0.2, 0.25) is 5.02 Å².